The molecule has 4 heteroatoms. The molecule has 0 bridgehead atoms. The second-order valence-electron chi connectivity index (χ2n) is 4.65. The number of fused-ring (bicyclic) bond motifs is 1. The van der Waals surface area contributed by atoms with E-state index in [9.17, 15) is 9.63 Å². The second-order valence-corrected chi connectivity index (χ2v) is 4.65. The molecule has 0 saturated carbocycles. The van der Waals surface area contributed by atoms with Crippen molar-refractivity contribution in [1.82, 2.24) is 0 Å². The lowest BCUT2D eigenvalue weighted by atomic mass is 9.90. The summed E-state index contributed by atoms with van der Waals surface area (Å²) < 4.78 is 17.6. The van der Waals surface area contributed by atoms with Crippen LogP contribution >= 0.6 is 0 Å². The molecule has 0 unspecified atom stereocenters. The summed E-state index contributed by atoms with van der Waals surface area (Å²) in [6, 6.07) is 12.0. The summed E-state index contributed by atoms with van der Waals surface area (Å²) in [7, 11) is 0. The number of benzene rings is 2. The molecule has 98 valence electrons. The lowest BCUT2D eigenvalue weighted by Crippen LogP contribution is -2.19. The first-order valence-electron chi connectivity index (χ1n) is 6.09. The van der Waals surface area contributed by atoms with Crippen LogP contribution in [0.15, 0.2) is 42.5 Å². The van der Waals surface area contributed by atoms with Gasteiger partial charge in [-0.25, -0.2) is 0 Å². The zero-order valence-electron chi connectivity index (χ0n) is 10.2. The summed E-state index contributed by atoms with van der Waals surface area (Å²) in [5, 5.41) is 9.40. The van der Waals surface area contributed by atoms with E-state index in [-0.39, 0.29) is 17.4 Å². The van der Waals surface area contributed by atoms with Crippen LogP contribution in [0.4, 0.5) is 4.53 Å². The van der Waals surface area contributed by atoms with Crippen LogP contribution in [0.3, 0.4) is 0 Å². The molecule has 1 N–H and O–H groups in total. The highest BCUT2D eigenvalue weighted by atomic mass is 19.3. The molecule has 1 heterocycles. The van der Waals surface area contributed by atoms with Gasteiger partial charge in [-0.05, 0) is 35.7 Å². The highest BCUT2D eigenvalue weighted by Crippen LogP contribution is 2.34. The number of phenols is 1. The number of hydrogen-bond acceptors (Lipinski definition) is 3. The van der Waals surface area contributed by atoms with Gasteiger partial charge in [0.25, 0.3) is 0 Å². The van der Waals surface area contributed by atoms with Gasteiger partial charge in [-0.2, -0.15) is 0 Å². The minimum atomic E-state index is 0.200. The van der Waals surface area contributed by atoms with Gasteiger partial charge in [-0.3, -0.25) is 4.94 Å². The molecule has 0 amide bonds. The van der Waals surface area contributed by atoms with Crippen molar-refractivity contribution in [2.75, 3.05) is 6.61 Å². The maximum absolute atomic E-state index is 12.0. The molecule has 3 rings (SSSR count). The standard InChI is InChI=1S/C15H13FO3/c16-19-14-5-2-10(3-6-14)12-7-11-1-4-13(17)8-15(11)18-9-12/h1-6,8,12,17H,7,9H2/t12-/m1/s1. The van der Waals surface area contributed by atoms with E-state index in [1.165, 1.54) is 0 Å². The average Bonchev–Trinajstić information content (AvgIpc) is 2.47. The van der Waals surface area contributed by atoms with Crippen LogP contribution in [0.25, 0.3) is 0 Å². The Hall–Kier alpha value is -2.23. The van der Waals surface area contributed by atoms with Crippen molar-refractivity contribution in [3.63, 3.8) is 0 Å². The Balaban J connectivity index is 1.82. The Labute approximate surface area is 110 Å². The predicted octanol–water partition coefficient (Wildman–Crippen LogP) is 3.37. The summed E-state index contributed by atoms with van der Waals surface area (Å²) >= 11 is 0. The zero-order chi connectivity index (χ0) is 13.2. The van der Waals surface area contributed by atoms with Gasteiger partial charge in [0.1, 0.15) is 11.5 Å². The van der Waals surface area contributed by atoms with Gasteiger partial charge in [0, 0.05) is 16.5 Å². The normalized spacial score (nSPS) is 17.4. The Morgan fingerprint density at radius 1 is 1.16 bits per heavy atom. The molecule has 2 aromatic rings. The third-order valence-corrected chi connectivity index (χ3v) is 3.40. The number of ether oxygens (including phenoxy) is 1. The Morgan fingerprint density at radius 3 is 2.68 bits per heavy atom. The number of rotatable bonds is 2. The summed E-state index contributed by atoms with van der Waals surface area (Å²) in [6.45, 7) is 0.548. The zero-order valence-corrected chi connectivity index (χ0v) is 10.2. The third-order valence-electron chi connectivity index (χ3n) is 3.40. The van der Waals surface area contributed by atoms with Gasteiger partial charge in [0.05, 0.1) is 6.61 Å². The van der Waals surface area contributed by atoms with E-state index < -0.39 is 0 Å². The summed E-state index contributed by atoms with van der Waals surface area (Å²) in [5.41, 5.74) is 2.15. The molecular weight excluding hydrogens is 247 g/mol. The molecule has 3 nitrogen and oxygen atoms in total. The lowest BCUT2D eigenvalue weighted by molar-refractivity contribution is -0.00623. The van der Waals surface area contributed by atoms with E-state index in [4.69, 9.17) is 4.74 Å². The quantitative estimate of drug-likeness (QED) is 0.899. The first kappa shape index (κ1) is 11.8. The molecule has 0 saturated heterocycles. The predicted molar refractivity (Wildman–Crippen MR) is 68.2 cm³/mol. The van der Waals surface area contributed by atoms with Crippen molar-refractivity contribution in [2.24, 2.45) is 0 Å². The minimum absolute atomic E-state index is 0.200. The maximum Gasteiger partial charge on any atom is 0.171 e. The fourth-order valence-electron chi connectivity index (χ4n) is 2.37. The van der Waals surface area contributed by atoms with E-state index in [0.29, 0.717) is 6.61 Å². The molecule has 0 spiro atoms. The topological polar surface area (TPSA) is 38.7 Å². The van der Waals surface area contributed by atoms with Gasteiger partial charge < -0.3 is 9.84 Å². The minimum Gasteiger partial charge on any atom is -0.508 e. The highest BCUT2D eigenvalue weighted by Gasteiger charge is 2.21. The van der Waals surface area contributed by atoms with E-state index in [1.807, 2.05) is 18.2 Å². The van der Waals surface area contributed by atoms with Crippen LogP contribution in [-0.2, 0) is 6.42 Å². The smallest absolute Gasteiger partial charge is 0.171 e. The van der Waals surface area contributed by atoms with Gasteiger partial charge in [0.2, 0.25) is 0 Å². The first-order chi connectivity index (χ1) is 9.26. The van der Waals surface area contributed by atoms with Crippen LogP contribution in [0.5, 0.6) is 17.2 Å². The lowest BCUT2D eigenvalue weighted by Gasteiger charge is -2.25. The maximum atomic E-state index is 12.0. The number of phenolic OH excluding ortho intramolecular Hbond substituents is 1. The first-order valence-corrected chi connectivity index (χ1v) is 6.09. The SMILES string of the molecule is Oc1ccc2c(c1)OC[C@H](c1ccc(OF)cc1)C2. The van der Waals surface area contributed by atoms with Gasteiger partial charge in [0.15, 0.2) is 5.75 Å². The average molecular weight is 260 g/mol. The monoisotopic (exact) mass is 260 g/mol. The van der Waals surface area contributed by atoms with E-state index in [2.05, 4.69) is 4.94 Å². The van der Waals surface area contributed by atoms with Crippen molar-refractivity contribution < 1.29 is 19.3 Å². The second kappa shape index (κ2) is 4.80. The molecule has 0 aromatic heterocycles. The Kier molecular flexibility index (Phi) is 2.99. The van der Waals surface area contributed by atoms with Crippen LogP contribution < -0.4 is 9.68 Å². The van der Waals surface area contributed by atoms with E-state index in [1.54, 1.807) is 24.3 Å². The van der Waals surface area contributed by atoms with Crippen molar-refractivity contribution >= 4 is 0 Å². The van der Waals surface area contributed by atoms with Crippen molar-refractivity contribution in [3.05, 3.63) is 53.6 Å². The van der Waals surface area contributed by atoms with Crippen molar-refractivity contribution in [1.29, 1.82) is 0 Å². The summed E-state index contributed by atoms with van der Waals surface area (Å²) in [4.78, 5) is 3.67. The number of aromatic hydroxyl groups is 1. The van der Waals surface area contributed by atoms with Gasteiger partial charge >= 0.3 is 0 Å². The molecule has 2 aromatic carbocycles. The Morgan fingerprint density at radius 2 is 1.95 bits per heavy atom. The largest absolute Gasteiger partial charge is 0.508 e. The molecule has 0 fully saturated rings. The van der Waals surface area contributed by atoms with Crippen molar-refractivity contribution in [2.45, 2.75) is 12.3 Å². The summed E-state index contributed by atoms with van der Waals surface area (Å²) in [6.07, 6.45) is 0.839. The van der Waals surface area contributed by atoms with Gasteiger partial charge in [-0.1, -0.05) is 18.2 Å². The van der Waals surface area contributed by atoms with Crippen LogP contribution in [-0.4, -0.2) is 11.7 Å². The molecular formula is C15H13FO3. The van der Waals surface area contributed by atoms with Crippen LogP contribution in [0, 0.1) is 0 Å². The molecule has 0 aliphatic carbocycles. The molecule has 1 atom stereocenters. The fourth-order valence-corrected chi connectivity index (χ4v) is 2.37. The van der Waals surface area contributed by atoms with E-state index >= 15 is 0 Å². The van der Waals surface area contributed by atoms with Crippen molar-refractivity contribution in [3.8, 4) is 17.2 Å². The Bertz CT molecular complexity index is 580. The molecule has 1 aliphatic heterocycles. The highest BCUT2D eigenvalue weighted by molar-refractivity contribution is 5.43. The van der Waals surface area contributed by atoms with Crippen LogP contribution in [0.2, 0.25) is 0 Å². The van der Waals surface area contributed by atoms with Gasteiger partial charge in [-0.15, -0.1) is 0 Å². The van der Waals surface area contributed by atoms with Crippen LogP contribution in [0.1, 0.15) is 17.0 Å². The number of hydrogen-bond donors (Lipinski definition) is 1. The van der Waals surface area contributed by atoms with E-state index in [0.717, 1.165) is 23.3 Å². The summed E-state index contributed by atoms with van der Waals surface area (Å²) in [5.74, 6) is 1.37. The fraction of sp³-hybridized carbons (Fsp3) is 0.200. The number of halogens is 1. The molecule has 1 aliphatic rings. The third kappa shape index (κ3) is 2.34. The molecule has 0 radical (unpaired) electrons. The molecule has 19 heavy (non-hydrogen) atoms.